The molecule has 2 N–H and O–H groups in total. The van der Waals surface area contributed by atoms with E-state index in [9.17, 15) is 4.79 Å². The fraction of sp³-hybridized carbons (Fsp3) is 0.158. The lowest BCUT2D eigenvalue weighted by Gasteiger charge is -2.06. The van der Waals surface area contributed by atoms with E-state index in [1.54, 1.807) is 18.5 Å². The number of fused-ring (bicyclic) bond motifs is 3. The summed E-state index contributed by atoms with van der Waals surface area (Å²) in [7, 11) is 0. The fourth-order valence-electron chi connectivity index (χ4n) is 2.78. The van der Waals surface area contributed by atoms with Crippen LogP contribution in [0.15, 0.2) is 48.9 Å². The first-order valence-electron chi connectivity index (χ1n) is 8.33. The number of carbonyl (C=O) groups excluding carboxylic acids is 1. The van der Waals surface area contributed by atoms with Gasteiger partial charge in [0.1, 0.15) is 5.65 Å². The molecule has 0 bridgehead atoms. The summed E-state index contributed by atoms with van der Waals surface area (Å²) in [5.41, 5.74) is 3.49. The number of nitrogens with zero attached hydrogens (tertiary/aromatic N) is 3. The van der Waals surface area contributed by atoms with Gasteiger partial charge in [-0.15, -0.1) is 0 Å². The predicted octanol–water partition coefficient (Wildman–Crippen LogP) is 2.69. The molecule has 0 saturated carbocycles. The van der Waals surface area contributed by atoms with Crippen LogP contribution in [0.3, 0.4) is 0 Å². The Balaban J connectivity index is 1.57. The van der Waals surface area contributed by atoms with E-state index in [1.165, 1.54) is 0 Å². The maximum atomic E-state index is 11.4. The highest BCUT2D eigenvalue weighted by Gasteiger charge is 2.08. The Morgan fingerprint density at radius 1 is 1.15 bits per heavy atom. The van der Waals surface area contributed by atoms with Crippen LogP contribution in [-0.2, 0) is 4.79 Å². The smallest absolute Gasteiger partial charge is 0.257 e. The van der Waals surface area contributed by atoms with Crippen LogP contribution >= 0.6 is 0 Å². The Bertz CT molecular complexity index is 1070. The van der Waals surface area contributed by atoms with E-state index in [2.05, 4.69) is 25.3 Å². The van der Waals surface area contributed by atoms with Gasteiger partial charge in [-0.05, 0) is 31.2 Å². The van der Waals surface area contributed by atoms with Crippen molar-refractivity contribution in [1.29, 1.82) is 0 Å². The molecule has 130 valence electrons. The zero-order valence-corrected chi connectivity index (χ0v) is 14.2. The number of rotatable bonds is 5. The van der Waals surface area contributed by atoms with E-state index in [-0.39, 0.29) is 12.5 Å². The zero-order chi connectivity index (χ0) is 17.9. The SMILES string of the molecule is CCNC(=O)COc1ccc(-c2ccc3c(n2)[nH]c2ccncc23)cn1. The number of pyridine rings is 3. The van der Waals surface area contributed by atoms with Gasteiger partial charge in [-0.1, -0.05) is 0 Å². The van der Waals surface area contributed by atoms with Crippen LogP contribution in [0.2, 0.25) is 0 Å². The van der Waals surface area contributed by atoms with E-state index in [0.29, 0.717) is 12.4 Å². The van der Waals surface area contributed by atoms with E-state index >= 15 is 0 Å². The van der Waals surface area contributed by atoms with Gasteiger partial charge in [0.2, 0.25) is 5.88 Å². The van der Waals surface area contributed by atoms with Crippen molar-refractivity contribution >= 4 is 27.8 Å². The number of aromatic nitrogens is 4. The largest absolute Gasteiger partial charge is 0.468 e. The second-order valence-corrected chi connectivity index (χ2v) is 5.77. The Morgan fingerprint density at radius 3 is 2.88 bits per heavy atom. The highest BCUT2D eigenvalue weighted by molar-refractivity contribution is 6.05. The molecule has 0 saturated heterocycles. The second-order valence-electron chi connectivity index (χ2n) is 5.77. The van der Waals surface area contributed by atoms with Gasteiger partial charge in [0.05, 0.1) is 11.2 Å². The molecule has 0 aliphatic carbocycles. The van der Waals surface area contributed by atoms with Crippen molar-refractivity contribution in [1.82, 2.24) is 25.3 Å². The molecule has 4 aromatic rings. The van der Waals surface area contributed by atoms with E-state index in [1.807, 2.05) is 37.4 Å². The number of carbonyl (C=O) groups is 1. The molecule has 26 heavy (non-hydrogen) atoms. The van der Waals surface area contributed by atoms with Crippen LogP contribution in [0.4, 0.5) is 0 Å². The number of H-pyrrole nitrogens is 1. The molecule has 0 aliphatic rings. The summed E-state index contributed by atoms with van der Waals surface area (Å²) in [4.78, 5) is 27.8. The summed E-state index contributed by atoms with van der Waals surface area (Å²) in [5.74, 6) is 0.233. The Morgan fingerprint density at radius 2 is 2.08 bits per heavy atom. The number of hydrogen-bond acceptors (Lipinski definition) is 5. The fourth-order valence-corrected chi connectivity index (χ4v) is 2.78. The summed E-state index contributed by atoms with van der Waals surface area (Å²) in [6, 6.07) is 9.51. The highest BCUT2D eigenvalue weighted by Crippen LogP contribution is 2.26. The average molecular weight is 347 g/mol. The van der Waals surface area contributed by atoms with Crippen molar-refractivity contribution in [2.24, 2.45) is 0 Å². The first-order chi connectivity index (χ1) is 12.7. The van der Waals surface area contributed by atoms with Gasteiger partial charge in [-0.3, -0.25) is 9.78 Å². The first-order valence-corrected chi connectivity index (χ1v) is 8.33. The number of ether oxygens (including phenoxy) is 1. The molecule has 1 amide bonds. The minimum absolute atomic E-state index is 0.0481. The number of nitrogens with one attached hydrogen (secondary N) is 2. The van der Waals surface area contributed by atoms with Crippen molar-refractivity contribution in [3.63, 3.8) is 0 Å². The quantitative estimate of drug-likeness (QED) is 0.579. The second kappa shape index (κ2) is 6.79. The lowest BCUT2D eigenvalue weighted by molar-refractivity contribution is -0.123. The van der Waals surface area contributed by atoms with Gasteiger partial charge in [-0.25, -0.2) is 9.97 Å². The van der Waals surface area contributed by atoms with Gasteiger partial charge in [0, 0.05) is 47.5 Å². The lowest BCUT2D eigenvalue weighted by Crippen LogP contribution is -2.28. The van der Waals surface area contributed by atoms with Crippen LogP contribution in [0.25, 0.3) is 33.2 Å². The third-order valence-electron chi connectivity index (χ3n) is 4.02. The maximum absolute atomic E-state index is 11.4. The summed E-state index contributed by atoms with van der Waals surface area (Å²) >= 11 is 0. The van der Waals surface area contributed by atoms with Gasteiger partial charge in [0.25, 0.3) is 5.91 Å². The molecule has 0 radical (unpaired) electrons. The molecule has 4 heterocycles. The molecule has 0 spiro atoms. The summed E-state index contributed by atoms with van der Waals surface area (Å²) in [6.45, 7) is 2.39. The van der Waals surface area contributed by atoms with E-state index < -0.39 is 0 Å². The maximum Gasteiger partial charge on any atom is 0.257 e. The van der Waals surface area contributed by atoms with Crippen molar-refractivity contribution in [3.8, 4) is 17.1 Å². The molecular formula is C19H17N5O2. The van der Waals surface area contributed by atoms with Crippen LogP contribution in [0.5, 0.6) is 5.88 Å². The molecule has 0 fully saturated rings. The first kappa shape index (κ1) is 16.0. The van der Waals surface area contributed by atoms with Gasteiger partial charge < -0.3 is 15.0 Å². The van der Waals surface area contributed by atoms with E-state index in [0.717, 1.165) is 33.2 Å². The minimum Gasteiger partial charge on any atom is -0.468 e. The molecule has 7 heteroatoms. The zero-order valence-electron chi connectivity index (χ0n) is 14.2. The molecule has 0 atom stereocenters. The number of aromatic amines is 1. The summed E-state index contributed by atoms with van der Waals surface area (Å²) in [5, 5.41) is 4.76. The minimum atomic E-state index is -0.168. The average Bonchev–Trinajstić information content (AvgIpc) is 3.05. The topological polar surface area (TPSA) is 92.8 Å². The molecule has 7 nitrogen and oxygen atoms in total. The monoisotopic (exact) mass is 347 g/mol. The molecule has 4 rings (SSSR count). The normalized spacial score (nSPS) is 11.0. The highest BCUT2D eigenvalue weighted by atomic mass is 16.5. The van der Waals surface area contributed by atoms with Crippen molar-refractivity contribution in [2.75, 3.05) is 13.2 Å². The van der Waals surface area contributed by atoms with E-state index in [4.69, 9.17) is 4.74 Å². The van der Waals surface area contributed by atoms with Gasteiger partial charge >= 0.3 is 0 Å². The van der Waals surface area contributed by atoms with Crippen molar-refractivity contribution in [3.05, 3.63) is 48.9 Å². The molecule has 0 aromatic carbocycles. The standard InChI is InChI=1S/C19H17N5O2/c1-2-21-17(25)11-26-18-6-3-12(9-22-18)15-5-4-13-14-10-20-8-7-16(14)24-19(13)23-15/h3-10H,2,11H2,1H3,(H,21,25)(H,23,24). The van der Waals surface area contributed by atoms with Crippen LogP contribution in [0, 0.1) is 0 Å². The Labute approximate surface area is 149 Å². The number of likely N-dealkylation sites (N-methyl/N-ethyl adjacent to an activating group) is 1. The van der Waals surface area contributed by atoms with Crippen molar-refractivity contribution in [2.45, 2.75) is 6.92 Å². The van der Waals surface area contributed by atoms with Crippen LogP contribution < -0.4 is 10.1 Å². The van der Waals surface area contributed by atoms with Crippen LogP contribution in [0.1, 0.15) is 6.92 Å². The predicted molar refractivity (Wildman–Crippen MR) is 98.8 cm³/mol. The van der Waals surface area contributed by atoms with Crippen molar-refractivity contribution < 1.29 is 9.53 Å². The van der Waals surface area contributed by atoms with Gasteiger partial charge in [-0.2, -0.15) is 0 Å². The number of hydrogen-bond donors (Lipinski definition) is 2. The Kier molecular flexibility index (Phi) is 4.18. The van der Waals surface area contributed by atoms with Crippen LogP contribution in [-0.4, -0.2) is 39.0 Å². The third kappa shape index (κ3) is 3.06. The molecular weight excluding hydrogens is 330 g/mol. The summed E-state index contributed by atoms with van der Waals surface area (Å²) in [6.07, 6.45) is 5.27. The molecule has 4 aromatic heterocycles. The Hall–Kier alpha value is -3.48. The molecule has 0 unspecified atom stereocenters. The molecule has 0 aliphatic heterocycles. The lowest BCUT2D eigenvalue weighted by atomic mass is 10.1. The third-order valence-corrected chi connectivity index (χ3v) is 4.02. The van der Waals surface area contributed by atoms with Gasteiger partial charge in [0.15, 0.2) is 6.61 Å². The number of amides is 1. The summed E-state index contributed by atoms with van der Waals surface area (Å²) < 4.78 is 5.36.